The number of nitrogens with one attached hydrogen (secondary N) is 1. The molecule has 0 aliphatic rings. The van der Waals surface area contributed by atoms with Crippen molar-refractivity contribution in [2.24, 2.45) is 0 Å². The molecule has 0 saturated carbocycles. The highest BCUT2D eigenvalue weighted by Gasteiger charge is 2.11. The molecule has 0 unspecified atom stereocenters. The Morgan fingerprint density at radius 3 is 2.44 bits per heavy atom. The fourth-order valence-electron chi connectivity index (χ4n) is 1.48. The van der Waals surface area contributed by atoms with Gasteiger partial charge in [0.05, 0.1) is 11.8 Å². The highest BCUT2D eigenvalue weighted by atomic mass is 79.9. The van der Waals surface area contributed by atoms with Crippen LogP contribution in [0.15, 0.2) is 45.7 Å². The van der Waals surface area contributed by atoms with E-state index < -0.39 is 0 Å². The van der Waals surface area contributed by atoms with Crippen LogP contribution in [-0.4, -0.2) is 5.91 Å². The van der Waals surface area contributed by atoms with Crippen molar-refractivity contribution in [3.63, 3.8) is 0 Å². The summed E-state index contributed by atoms with van der Waals surface area (Å²) in [5.41, 5.74) is 2.58. The minimum atomic E-state index is -0.169. The first-order valence-corrected chi connectivity index (χ1v) is 6.68. The summed E-state index contributed by atoms with van der Waals surface area (Å²) < 4.78 is 5.45. The van der Waals surface area contributed by atoms with E-state index in [1.165, 1.54) is 6.26 Å². The summed E-state index contributed by atoms with van der Waals surface area (Å²) in [6.45, 7) is 0.471. The Labute approximate surface area is 118 Å². The van der Waals surface area contributed by atoms with Crippen molar-refractivity contribution in [1.82, 2.24) is 5.32 Å². The van der Waals surface area contributed by atoms with Gasteiger partial charge in [0.15, 0.2) is 4.67 Å². The van der Waals surface area contributed by atoms with Gasteiger partial charge in [-0.3, -0.25) is 4.79 Å². The average Bonchev–Trinajstić information content (AvgIpc) is 2.83. The molecule has 18 heavy (non-hydrogen) atoms. The fourth-order valence-corrected chi connectivity index (χ4v) is 2.08. The second-order valence-corrected chi connectivity index (χ2v) is 4.73. The Bertz CT molecular complexity index is 536. The summed E-state index contributed by atoms with van der Waals surface area (Å²) in [7, 11) is 0. The maximum atomic E-state index is 11.8. The smallest absolute Gasteiger partial charge is 0.256 e. The van der Waals surface area contributed by atoms with Crippen molar-refractivity contribution < 1.29 is 9.21 Å². The first-order chi connectivity index (χ1) is 8.70. The maximum absolute atomic E-state index is 11.8. The lowest BCUT2D eigenvalue weighted by atomic mass is 10.1. The Hall–Kier alpha value is -1.26. The number of hydrogen-bond donors (Lipinski definition) is 1. The van der Waals surface area contributed by atoms with E-state index in [9.17, 15) is 4.79 Å². The quantitative estimate of drug-likeness (QED) is 0.869. The first kappa shape index (κ1) is 13.2. The second kappa shape index (κ2) is 6.07. The number of halogens is 2. The van der Waals surface area contributed by atoms with Crippen LogP contribution in [0.25, 0.3) is 0 Å². The zero-order valence-corrected chi connectivity index (χ0v) is 11.8. The maximum Gasteiger partial charge on any atom is 0.256 e. The Morgan fingerprint density at radius 1 is 1.22 bits per heavy atom. The summed E-state index contributed by atoms with van der Waals surface area (Å²) in [5.74, 6) is 0.325. The standard InChI is InChI=1S/C13H11BrClNO2/c14-12-11(5-6-18-12)13(17)16-8-10-3-1-9(7-15)2-4-10/h1-6H,7-8H2,(H,16,17). The van der Waals surface area contributed by atoms with Gasteiger partial charge in [0.25, 0.3) is 5.91 Å². The zero-order chi connectivity index (χ0) is 13.0. The van der Waals surface area contributed by atoms with Gasteiger partial charge >= 0.3 is 0 Å². The zero-order valence-electron chi connectivity index (χ0n) is 9.45. The lowest BCUT2D eigenvalue weighted by Crippen LogP contribution is -2.22. The van der Waals surface area contributed by atoms with Gasteiger partial charge in [-0.15, -0.1) is 11.6 Å². The van der Waals surface area contributed by atoms with Gasteiger partial charge in [0.1, 0.15) is 0 Å². The predicted molar refractivity (Wildman–Crippen MR) is 73.6 cm³/mol. The first-order valence-electron chi connectivity index (χ1n) is 5.35. The van der Waals surface area contributed by atoms with E-state index in [1.54, 1.807) is 6.07 Å². The van der Waals surface area contributed by atoms with E-state index in [0.29, 0.717) is 22.7 Å². The van der Waals surface area contributed by atoms with E-state index in [1.807, 2.05) is 24.3 Å². The molecule has 2 aromatic rings. The van der Waals surface area contributed by atoms with Gasteiger partial charge in [-0.1, -0.05) is 24.3 Å². The van der Waals surface area contributed by atoms with Crippen LogP contribution in [0.3, 0.4) is 0 Å². The Morgan fingerprint density at radius 2 is 1.89 bits per heavy atom. The van der Waals surface area contributed by atoms with Gasteiger partial charge in [-0.25, -0.2) is 0 Å². The van der Waals surface area contributed by atoms with Gasteiger partial charge < -0.3 is 9.73 Å². The van der Waals surface area contributed by atoms with Crippen molar-refractivity contribution in [3.8, 4) is 0 Å². The van der Waals surface area contributed by atoms with Crippen molar-refractivity contribution in [2.75, 3.05) is 0 Å². The second-order valence-electron chi connectivity index (χ2n) is 3.74. The fraction of sp³-hybridized carbons (Fsp3) is 0.154. The normalized spacial score (nSPS) is 10.3. The largest absolute Gasteiger partial charge is 0.457 e. The molecule has 0 aliphatic heterocycles. The number of amides is 1. The predicted octanol–water partition coefficient (Wildman–Crippen LogP) is 3.71. The SMILES string of the molecule is O=C(NCc1ccc(CCl)cc1)c1ccoc1Br. The number of furan rings is 1. The van der Waals surface area contributed by atoms with Crippen LogP contribution < -0.4 is 5.32 Å². The summed E-state index contributed by atoms with van der Waals surface area (Å²) in [5, 5.41) is 2.82. The molecule has 0 atom stereocenters. The van der Waals surface area contributed by atoms with Crippen molar-refractivity contribution in [3.05, 3.63) is 58.0 Å². The monoisotopic (exact) mass is 327 g/mol. The molecular formula is C13H11BrClNO2. The van der Waals surface area contributed by atoms with Crippen molar-refractivity contribution >= 4 is 33.4 Å². The van der Waals surface area contributed by atoms with Crippen LogP contribution in [0.2, 0.25) is 0 Å². The number of alkyl halides is 1. The molecule has 5 heteroatoms. The molecule has 3 nitrogen and oxygen atoms in total. The summed E-state index contributed by atoms with van der Waals surface area (Å²) in [4.78, 5) is 11.8. The molecular weight excluding hydrogens is 318 g/mol. The van der Waals surface area contributed by atoms with Crippen LogP contribution in [0, 0.1) is 0 Å². The van der Waals surface area contributed by atoms with E-state index >= 15 is 0 Å². The molecule has 1 amide bonds. The molecule has 1 N–H and O–H groups in total. The molecule has 0 fully saturated rings. The number of rotatable bonds is 4. The molecule has 0 spiro atoms. The molecule has 1 aromatic heterocycles. The third-order valence-corrected chi connectivity index (χ3v) is 3.42. The average molecular weight is 329 g/mol. The topological polar surface area (TPSA) is 42.2 Å². The van der Waals surface area contributed by atoms with Gasteiger partial charge in [-0.2, -0.15) is 0 Å². The van der Waals surface area contributed by atoms with Gasteiger partial charge in [0.2, 0.25) is 0 Å². The van der Waals surface area contributed by atoms with Crippen LogP contribution in [0.4, 0.5) is 0 Å². The molecule has 1 heterocycles. The Balaban J connectivity index is 1.95. The number of benzene rings is 1. The highest BCUT2D eigenvalue weighted by molar-refractivity contribution is 9.10. The van der Waals surface area contributed by atoms with Crippen molar-refractivity contribution in [1.29, 1.82) is 0 Å². The minimum absolute atomic E-state index is 0.169. The third-order valence-electron chi connectivity index (χ3n) is 2.49. The highest BCUT2D eigenvalue weighted by Crippen LogP contribution is 2.17. The van der Waals surface area contributed by atoms with E-state index in [-0.39, 0.29) is 5.91 Å². The molecule has 0 radical (unpaired) electrons. The van der Waals surface area contributed by atoms with Gasteiger partial charge in [-0.05, 0) is 33.1 Å². The summed E-state index contributed by atoms with van der Waals surface area (Å²) >= 11 is 8.88. The van der Waals surface area contributed by atoms with Crippen LogP contribution in [0.5, 0.6) is 0 Å². The summed E-state index contributed by atoms with van der Waals surface area (Å²) in [6, 6.07) is 9.41. The number of carbonyl (C=O) groups excluding carboxylic acids is 1. The molecule has 1 aromatic carbocycles. The van der Waals surface area contributed by atoms with E-state index in [0.717, 1.165) is 11.1 Å². The molecule has 94 valence electrons. The molecule has 2 rings (SSSR count). The van der Waals surface area contributed by atoms with Crippen LogP contribution in [-0.2, 0) is 12.4 Å². The summed E-state index contributed by atoms with van der Waals surface area (Å²) in [6.07, 6.45) is 1.47. The molecule has 0 bridgehead atoms. The van der Waals surface area contributed by atoms with Crippen molar-refractivity contribution in [2.45, 2.75) is 12.4 Å². The lowest BCUT2D eigenvalue weighted by Gasteiger charge is -2.05. The molecule has 0 saturated heterocycles. The minimum Gasteiger partial charge on any atom is -0.457 e. The van der Waals surface area contributed by atoms with E-state index in [2.05, 4.69) is 21.2 Å². The van der Waals surface area contributed by atoms with E-state index in [4.69, 9.17) is 16.0 Å². The van der Waals surface area contributed by atoms with Crippen LogP contribution >= 0.6 is 27.5 Å². The lowest BCUT2D eigenvalue weighted by molar-refractivity contribution is 0.0949. The third kappa shape index (κ3) is 3.15. The number of carbonyl (C=O) groups is 1. The molecule has 0 aliphatic carbocycles. The van der Waals surface area contributed by atoms with Gasteiger partial charge in [0, 0.05) is 12.4 Å². The Kier molecular flexibility index (Phi) is 4.44. The number of hydrogen-bond acceptors (Lipinski definition) is 2. The van der Waals surface area contributed by atoms with Crippen LogP contribution in [0.1, 0.15) is 21.5 Å².